The van der Waals surface area contributed by atoms with Gasteiger partial charge in [-0.1, -0.05) is 43.0 Å². The lowest BCUT2D eigenvalue weighted by atomic mass is 9.86. The smallest absolute Gasteiger partial charge is 0.258 e. The van der Waals surface area contributed by atoms with Gasteiger partial charge in [0.25, 0.3) is 5.69 Å². The average molecular weight is 475 g/mol. The molecule has 0 bridgehead atoms. The number of non-ortho nitro benzene ring substituents is 1. The van der Waals surface area contributed by atoms with Crippen LogP contribution in [-0.2, 0) is 6.42 Å². The number of aryl methyl sites for hydroxylation is 2. The summed E-state index contributed by atoms with van der Waals surface area (Å²) in [5.41, 5.74) is 7.98. The third-order valence-corrected chi connectivity index (χ3v) is 7.73. The highest BCUT2D eigenvalue weighted by atomic mass is 32.1. The van der Waals surface area contributed by atoms with Crippen molar-refractivity contribution in [2.75, 3.05) is 0 Å². The van der Waals surface area contributed by atoms with E-state index in [4.69, 9.17) is 10.1 Å². The first-order chi connectivity index (χ1) is 16.5. The highest BCUT2D eigenvalue weighted by molar-refractivity contribution is 7.07. The molecule has 1 fully saturated rings. The third-order valence-electron chi connectivity index (χ3n) is 6.90. The number of nitro benzene ring substituents is 1. The topological polar surface area (TPSA) is 72.8 Å². The van der Waals surface area contributed by atoms with Crippen molar-refractivity contribution in [3.05, 3.63) is 78.9 Å². The number of hydrogen-bond donors (Lipinski definition) is 0. The zero-order valence-electron chi connectivity index (χ0n) is 19.8. The van der Waals surface area contributed by atoms with Crippen molar-refractivity contribution in [1.82, 2.24) is 4.68 Å². The summed E-state index contributed by atoms with van der Waals surface area (Å²) in [4.78, 5) is 17.1. The molecule has 0 saturated heterocycles. The number of fused-ring (bicyclic) bond motifs is 1. The van der Waals surface area contributed by atoms with Crippen LogP contribution < -0.4 is 4.80 Å². The van der Waals surface area contributed by atoms with E-state index in [9.17, 15) is 10.1 Å². The van der Waals surface area contributed by atoms with Crippen LogP contribution in [0.25, 0.3) is 11.3 Å². The van der Waals surface area contributed by atoms with Crippen LogP contribution in [0.1, 0.15) is 67.2 Å². The van der Waals surface area contributed by atoms with E-state index in [0.29, 0.717) is 6.04 Å². The Morgan fingerprint density at radius 3 is 2.68 bits per heavy atom. The number of benzene rings is 2. The zero-order valence-corrected chi connectivity index (χ0v) is 20.6. The summed E-state index contributed by atoms with van der Waals surface area (Å²) in [6, 6.07) is 11.6. The molecule has 0 aliphatic heterocycles. The van der Waals surface area contributed by atoms with Crippen molar-refractivity contribution >= 4 is 22.7 Å². The molecule has 0 radical (unpaired) electrons. The largest absolute Gasteiger partial charge is 0.270 e. The maximum absolute atomic E-state index is 11.4. The molecule has 0 N–H and O–H groups in total. The van der Waals surface area contributed by atoms with Gasteiger partial charge in [-0.15, -0.1) is 11.3 Å². The molecular formula is C27H30N4O2S. The van der Waals surface area contributed by atoms with Crippen LogP contribution in [0.4, 0.5) is 5.69 Å². The van der Waals surface area contributed by atoms with E-state index in [-0.39, 0.29) is 10.6 Å². The summed E-state index contributed by atoms with van der Waals surface area (Å²) in [6.45, 7) is 4.32. The molecule has 5 rings (SSSR count). The first kappa shape index (κ1) is 22.7. The Balaban J connectivity index is 1.68. The van der Waals surface area contributed by atoms with Crippen LogP contribution in [0.2, 0.25) is 0 Å². The van der Waals surface area contributed by atoms with Gasteiger partial charge in [0.15, 0.2) is 0 Å². The molecule has 1 heterocycles. The lowest BCUT2D eigenvalue weighted by molar-refractivity contribution is -0.384. The third kappa shape index (κ3) is 4.62. The van der Waals surface area contributed by atoms with Gasteiger partial charge in [-0.3, -0.25) is 15.1 Å². The Labute approximate surface area is 203 Å². The van der Waals surface area contributed by atoms with Crippen molar-refractivity contribution in [2.45, 2.75) is 71.3 Å². The van der Waals surface area contributed by atoms with Gasteiger partial charge in [0, 0.05) is 28.6 Å². The quantitative estimate of drug-likeness (QED) is 0.317. The molecule has 0 atom stereocenters. The van der Waals surface area contributed by atoms with Crippen molar-refractivity contribution in [3.63, 3.8) is 0 Å². The lowest BCUT2D eigenvalue weighted by Gasteiger charge is -2.21. The summed E-state index contributed by atoms with van der Waals surface area (Å²) >= 11 is 1.57. The van der Waals surface area contributed by atoms with Crippen molar-refractivity contribution in [1.29, 1.82) is 0 Å². The van der Waals surface area contributed by atoms with Crippen LogP contribution >= 0.6 is 11.3 Å². The fraction of sp³-hybridized carbons (Fsp3) is 0.407. The predicted octanol–water partition coefficient (Wildman–Crippen LogP) is 6.56. The Morgan fingerprint density at radius 1 is 1.06 bits per heavy atom. The second kappa shape index (κ2) is 9.66. The van der Waals surface area contributed by atoms with E-state index < -0.39 is 0 Å². The number of aromatic nitrogens is 1. The van der Waals surface area contributed by atoms with Crippen LogP contribution in [0.3, 0.4) is 0 Å². The van der Waals surface area contributed by atoms with Crippen LogP contribution in [0.15, 0.2) is 51.9 Å². The van der Waals surface area contributed by atoms with E-state index in [1.165, 1.54) is 47.6 Å². The SMILES string of the molecule is Cc1cc(C)c2c(c1)C(=Nn1c(-c3cccc([N+](=O)[O-])c3)csc1=NC1CCCCC1)CCC2. The lowest BCUT2D eigenvalue weighted by Crippen LogP contribution is -2.22. The van der Waals surface area contributed by atoms with Gasteiger partial charge in [-0.05, 0) is 63.1 Å². The maximum Gasteiger partial charge on any atom is 0.270 e. The van der Waals surface area contributed by atoms with Crippen molar-refractivity contribution < 1.29 is 4.92 Å². The zero-order chi connectivity index (χ0) is 23.7. The molecule has 1 aromatic heterocycles. The maximum atomic E-state index is 11.4. The van der Waals surface area contributed by atoms with E-state index in [2.05, 4.69) is 26.0 Å². The molecule has 0 amide bonds. The summed E-state index contributed by atoms with van der Waals surface area (Å²) < 4.78 is 1.94. The minimum absolute atomic E-state index is 0.0860. The highest BCUT2D eigenvalue weighted by Gasteiger charge is 2.20. The predicted molar refractivity (Wildman–Crippen MR) is 138 cm³/mol. The number of nitrogens with zero attached hydrogens (tertiary/aromatic N) is 4. The fourth-order valence-electron chi connectivity index (χ4n) is 5.21. The summed E-state index contributed by atoms with van der Waals surface area (Å²) in [5.74, 6) is 0. The molecule has 7 heteroatoms. The Hall–Kier alpha value is -3.06. The molecule has 34 heavy (non-hydrogen) atoms. The summed E-state index contributed by atoms with van der Waals surface area (Å²) in [7, 11) is 0. The van der Waals surface area contributed by atoms with Gasteiger partial charge in [-0.25, -0.2) is 4.68 Å². The summed E-state index contributed by atoms with van der Waals surface area (Å²) in [5, 5.41) is 18.6. The standard InChI is InChI=1S/C27H30N4O2S/c1-18-14-19(2)23-12-7-13-25(24(23)15-18)29-30-26(20-8-6-11-22(16-20)31(32)33)17-34-27(30)28-21-9-4-3-5-10-21/h6,8,11,14-17,21H,3-5,7,9-10,12-13H2,1-2H3. The second-order valence-corrected chi connectivity index (χ2v) is 10.3. The number of nitro groups is 1. The van der Waals surface area contributed by atoms with Gasteiger partial charge in [-0.2, -0.15) is 5.10 Å². The first-order valence-electron chi connectivity index (χ1n) is 12.2. The molecule has 176 valence electrons. The van der Waals surface area contributed by atoms with Crippen LogP contribution in [0, 0.1) is 24.0 Å². The van der Waals surface area contributed by atoms with Gasteiger partial charge < -0.3 is 0 Å². The molecule has 2 aromatic carbocycles. The molecule has 1 saturated carbocycles. The molecule has 2 aliphatic rings. The van der Waals surface area contributed by atoms with Gasteiger partial charge in [0.2, 0.25) is 4.80 Å². The van der Waals surface area contributed by atoms with Gasteiger partial charge in [0.1, 0.15) is 0 Å². The Morgan fingerprint density at radius 2 is 1.88 bits per heavy atom. The van der Waals surface area contributed by atoms with E-state index in [1.807, 2.05) is 16.1 Å². The van der Waals surface area contributed by atoms with Gasteiger partial charge >= 0.3 is 0 Å². The number of thiazole rings is 1. The summed E-state index contributed by atoms with van der Waals surface area (Å²) in [6.07, 6.45) is 9.01. The first-order valence-corrected chi connectivity index (χ1v) is 13.0. The van der Waals surface area contributed by atoms with Crippen molar-refractivity contribution in [3.8, 4) is 11.3 Å². The fourth-order valence-corrected chi connectivity index (χ4v) is 6.11. The number of rotatable bonds is 4. The second-order valence-electron chi connectivity index (χ2n) is 9.45. The molecular weight excluding hydrogens is 444 g/mol. The van der Waals surface area contributed by atoms with Crippen molar-refractivity contribution in [2.24, 2.45) is 10.1 Å². The highest BCUT2D eigenvalue weighted by Crippen LogP contribution is 2.29. The van der Waals surface area contributed by atoms with Crippen LogP contribution in [-0.4, -0.2) is 21.4 Å². The number of hydrogen-bond acceptors (Lipinski definition) is 5. The minimum atomic E-state index is -0.345. The van der Waals surface area contributed by atoms with Gasteiger partial charge in [0.05, 0.1) is 22.4 Å². The molecule has 2 aliphatic carbocycles. The molecule has 0 unspecified atom stereocenters. The Kier molecular flexibility index (Phi) is 6.46. The van der Waals surface area contributed by atoms with E-state index >= 15 is 0 Å². The Bertz CT molecular complexity index is 1330. The normalized spacial score (nSPS) is 18.3. The molecule has 6 nitrogen and oxygen atoms in total. The van der Waals surface area contributed by atoms with E-state index in [1.54, 1.807) is 23.5 Å². The van der Waals surface area contributed by atoms with Crippen LogP contribution in [0.5, 0.6) is 0 Å². The monoisotopic (exact) mass is 474 g/mol. The molecule has 0 spiro atoms. The molecule has 3 aromatic rings. The minimum Gasteiger partial charge on any atom is -0.258 e. The average Bonchev–Trinajstić information content (AvgIpc) is 3.22. The van der Waals surface area contributed by atoms with E-state index in [0.717, 1.165) is 53.9 Å².